The highest BCUT2D eigenvalue weighted by atomic mass is 16.5. The van der Waals surface area contributed by atoms with Crippen molar-refractivity contribution in [1.29, 1.82) is 0 Å². The van der Waals surface area contributed by atoms with Crippen LogP contribution in [0.25, 0.3) is 6.08 Å². The van der Waals surface area contributed by atoms with E-state index in [9.17, 15) is 4.79 Å². The number of aliphatic imine (C=N–C) groups is 1. The maximum atomic E-state index is 10.8. The van der Waals surface area contributed by atoms with Crippen molar-refractivity contribution in [3.63, 3.8) is 0 Å². The summed E-state index contributed by atoms with van der Waals surface area (Å²) in [5, 5.41) is 0. The molecule has 4 nitrogen and oxygen atoms in total. The Labute approximate surface area is 101 Å². The summed E-state index contributed by atoms with van der Waals surface area (Å²) in [5.74, 6) is 0.442. The third-order valence-corrected chi connectivity index (χ3v) is 2.05. The lowest BCUT2D eigenvalue weighted by atomic mass is 10.2. The van der Waals surface area contributed by atoms with E-state index in [1.807, 2.05) is 30.3 Å². The molecule has 0 unspecified atom stereocenters. The molecule has 0 fully saturated rings. The maximum Gasteiger partial charge on any atom is 0.327 e. The molecule has 0 heterocycles. The van der Waals surface area contributed by atoms with E-state index < -0.39 is 0 Å². The third kappa shape index (κ3) is 4.51. The first-order valence-corrected chi connectivity index (χ1v) is 5.14. The summed E-state index contributed by atoms with van der Waals surface area (Å²) in [6, 6.07) is 7.64. The van der Waals surface area contributed by atoms with Gasteiger partial charge in [0.1, 0.15) is 12.3 Å². The summed E-state index contributed by atoms with van der Waals surface area (Å²) in [4.78, 5) is 14.7. The summed E-state index contributed by atoms with van der Waals surface area (Å²) in [7, 11) is 2.96. The standard InChI is InChI=1S/C13H15NO3/c1-16-12-8-4-3-6-11(12)7-5-9-14-10-13(15)17-2/h3-9H,10H2,1-2H3/b7-5+,14-9?. The minimum Gasteiger partial charge on any atom is -0.496 e. The number of benzene rings is 1. The van der Waals surface area contributed by atoms with Gasteiger partial charge in [-0.15, -0.1) is 0 Å². The lowest BCUT2D eigenvalue weighted by molar-refractivity contribution is -0.138. The molecule has 0 radical (unpaired) electrons. The van der Waals surface area contributed by atoms with Gasteiger partial charge in [0.25, 0.3) is 0 Å². The Bertz CT molecular complexity index is 424. The van der Waals surface area contributed by atoms with Gasteiger partial charge in [-0.25, -0.2) is 0 Å². The van der Waals surface area contributed by atoms with Crippen molar-refractivity contribution in [3.8, 4) is 5.75 Å². The Morgan fingerprint density at radius 1 is 1.35 bits per heavy atom. The average Bonchev–Trinajstić information content (AvgIpc) is 2.38. The van der Waals surface area contributed by atoms with Gasteiger partial charge in [0.15, 0.2) is 0 Å². The average molecular weight is 233 g/mol. The molecule has 0 aliphatic rings. The van der Waals surface area contributed by atoms with Crippen molar-refractivity contribution in [2.45, 2.75) is 0 Å². The number of nitrogens with zero attached hydrogens (tertiary/aromatic N) is 1. The Hall–Kier alpha value is -2.10. The first kappa shape index (κ1) is 13.0. The number of rotatable bonds is 5. The van der Waals surface area contributed by atoms with Gasteiger partial charge in [-0.05, 0) is 18.2 Å². The zero-order valence-electron chi connectivity index (χ0n) is 9.92. The molecular weight excluding hydrogens is 218 g/mol. The Morgan fingerprint density at radius 3 is 2.82 bits per heavy atom. The fourth-order valence-electron chi connectivity index (χ4n) is 1.20. The summed E-state index contributed by atoms with van der Waals surface area (Å²) >= 11 is 0. The Morgan fingerprint density at radius 2 is 2.12 bits per heavy atom. The summed E-state index contributed by atoms with van der Waals surface area (Å²) in [5.41, 5.74) is 0.958. The highest BCUT2D eigenvalue weighted by Gasteiger charge is 1.95. The lowest BCUT2D eigenvalue weighted by Crippen LogP contribution is -2.03. The molecule has 0 saturated heterocycles. The topological polar surface area (TPSA) is 47.9 Å². The molecule has 4 heteroatoms. The first-order chi connectivity index (χ1) is 8.27. The second kappa shape index (κ2) is 7.22. The van der Waals surface area contributed by atoms with Crippen LogP contribution in [0.4, 0.5) is 0 Å². The van der Waals surface area contributed by atoms with Crippen LogP contribution in [0, 0.1) is 0 Å². The molecule has 0 aliphatic heterocycles. The van der Waals surface area contributed by atoms with Crippen LogP contribution in [0.3, 0.4) is 0 Å². The molecule has 0 amide bonds. The minimum absolute atomic E-state index is 0.0345. The zero-order valence-corrected chi connectivity index (χ0v) is 9.92. The molecule has 0 bridgehead atoms. The van der Waals surface area contributed by atoms with Crippen molar-refractivity contribution in [2.24, 2.45) is 4.99 Å². The SMILES string of the molecule is COC(=O)CN=C/C=C/c1ccccc1OC. The van der Waals surface area contributed by atoms with E-state index in [0.29, 0.717) is 0 Å². The Balaban J connectivity index is 2.56. The van der Waals surface area contributed by atoms with Crippen molar-refractivity contribution >= 4 is 18.3 Å². The van der Waals surface area contributed by atoms with Crippen LogP contribution < -0.4 is 4.74 Å². The predicted octanol–water partition coefficient (Wildman–Crippen LogP) is 1.95. The molecule has 0 aliphatic carbocycles. The van der Waals surface area contributed by atoms with Crippen molar-refractivity contribution in [2.75, 3.05) is 20.8 Å². The quantitative estimate of drug-likeness (QED) is 0.577. The van der Waals surface area contributed by atoms with Gasteiger partial charge < -0.3 is 9.47 Å². The fourth-order valence-corrected chi connectivity index (χ4v) is 1.20. The van der Waals surface area contributed by atoms with Crippen LogP contribution in [-0.4, -0.2) is 32.9 Å². The van der Waals surface area contributed by atoms with Gasteiger partial charge in [-0.1, -0.05) is 18.2 Å². The van der Waals surface area contributed by atoms with Gasteiger partial charge in [0, 0.05) is 11.8 Å². The van der Waals surface area contributed by atoms with Gasteiger partial charge in [0.2, 0.25) is 0 Å². The van der Waals surface area contributed by atoms with E-state index >= 15 is 0 Å². The minimum atomic E-state index is -0.355. The van der Waals surface area contributed by atoms with Gasteiger partial charge >= 0.3 is 5.97 Å². The van der Waals surface area contributed by atoms with Crippen LogP contribution in [0.2, 0.25) is 0 Å². The summed E-state index contributed by atoms with van der Waals surface area (Å²) < 4.78 is 9.64. The summed E-state index contributed by atoms with van der Waals surface area (Å²) in [6.45, 7) is 0.0345. The van der Waals surface area contributed by atoms with E-state index in [0.717, 1.165) is 11.3 Å². The van der Waals surface area contributed by atoms with Crippen LogP contribution in [0.1, 0.15) is 5.56 Å². The number of hydrogen-bond acceptors (Lipinski definition) is 4. The lowest BCUT2D eigenvalue weighted by Gasteiger charge is -2.02. The number of para-hydroxylation sites is 1. The summed E-state index contributed by atoms with van der Waals surface area (Å²) in [6.07, 6.45) is 5.17. The molecular formula is C13H15NO3. The molecule has 0 atom stereocenters. The van der Waals surface area contributed by atoms with Crippen LogP contribution in [0.5, 0.6) is 5.75 Å². The smallest absolute Gasteiger partial charge is 0.327 e. The molecule has 17 heavy (non-hydrogen) atoms. The van der Waals surface area contributed by atoms with Crippen molar-refractivity contribution in [3.05, 3.63) is 35.9 Å². The second-order valence-corrected chi connectivity index (χ2v) is 3.17. The van der Waals surface area contributed by atoms with Crippen LogP contribution >= 0.6 is 0 Å². The van der Waals surface area contributed by atoms with Crippen molar-refractivity contribution < 1.29 is 14.3 Å². The molecule has 0 aromatic heterocycles. The van der Waals surface area contributed by atoms with Crippen LogP contribution in [0.15, 0.2) is 35.3 Å². The number of carbonyl (C=O) groups is 1. The molecule has 0 N–H and O–H groups in total. The second-order valence-electron chi connectivity index (χ2n) is 3.17. The highest BCUT2D eigenvalue weighted by molar-refractivity contribution is 5.81. The molecule has 0 saturated carbocycles. The normalized spacial score (nSPS) is 10.9. The predicted molar refractivity (Wildman–Crippen MR) is 67.4 cm³/mol. The third-order valence-electron chi connectivity index (χ3n) is 2.05. The number of methoxy groups -OCH3 is 2. The highest BCUT2D eigenvalue weighted by Crippen LogP contribution is 2.18. The molecule has 0 spiro atoms. The van der Waals surface area contributed by atoms with E-state index in [1.54, 1.807) is 19.4 Å². The largest absolute Gasteiger partial charge is 0.496 e. The van der Waals surface area contributed by atoms with Gasteiger partial charge in [0.05, 0.1) is 14.2 Å². The molecule has 1 rings (SSSR count). The Kier molecular flexibility index (Phi) is 5.51. The molecule has 1 aromatic carbocycles. The first-order valence-electron chi connectivity index (χ1n) is 5.14. The van der Waals surface area contributed by atoms with E-state index in [2.05, 4.69) is 9.73 Å². The van der Waals surface area contributed by atoms with Gasteiger partial charge in [-0.3, -0.25) is 9.79 Å². The number of carbonyl (C=O) groups excluding carboxylic acids is 1. The van der Waals surface area contributed by atoms with E-state index in [4.69, 9.17) is 4.74 Å². The van der Waals surface area contributed by atoms with Crippen LogP contribution in [-0.2, 0) is 9.53 Å². The maximum absolute atomic E-state index is 10.8. The molecule has 1 aromatic rings. The number of allylic oxidation sites excluding steroid dienone is 1. The monoisotopic (exact) mass is 233 g/mol. The number of esters is 1. The zero-order chi connectivity index (χ0) is 12.5. The van der Waals surface area contributed by atoms with Crippen molar-refractivity contribution in [1.82, 2.24) is 0 Å². The van der Waals surface area contributed by atoms with E-state index in [1.165, 1.54) is 7.11 Å². The fraction of sp³-hybridized carbons (Fsp3) is 0.231. The van der Waals surface area contributed by atoms with Gasteiger partial charge in [-0.2, -0.15) is 0 Å². The molecule has 90 valence electrons. The number of hydrogen-bond donors (Lipinski definition) is 0. The van der Waals surface area contributed by atoms with E-state index in [-0.39, 0.29) is 12.5 Å². The number of ether oxygens (including phenoxy) is 2.